The fourth-order valence-corrected chi connectivity index (χ4v) is 5.79. The zero-order valence-electron chi connectivity index (χ0n) is 20.1. The Kier molecular flexibility index (Phi) is 6.60. The Morgan fingerprint density at radius 3 is 2.74 bits per heavy atom. The van der Waals surface area contributed by atoms with Crippen molar-refractivity contribution in [3.05, 3.63) is 47.2 Å². The van der Waals surface area contributed by atoms with Crippen molar-refractivity contribution in [2.45, 2.75) is 45.6 Å². The molecule has 180 valence electrons. The largest absolute Gasteiger partial charge is 0.481 e. The van der Waals surface area contributed by atoms with Crippen LogP contribution in [0.3, 0.4) is 0 Å². The molecule has 2 atom stereocenters. The summed E-state index contributed by atoms with van der Waals surface area (Å²) in [6, 6.07) is 7.79. The summed E-state index contributed by atoms with van der Waals surface area (Å²) in [6.45, 7) is 6.03. The second kappa shape index (κ2) is 9.31. The van der Waals surface area contributed by atoms with E-state index in [-0.39, 0.29) is 11.9 Å². The molecule has 9 heteroatoms. The van der Waals surface area contributed by atoms with E-state index in [1.165, 1.54) is 18.4 Å². The summed E-state index contributed by atoms with van der Waals surface area (Å²) in [7, 11) is 2.98. The molecule has 0 radical (unpaired) electrons. The van der Waals surface area contributed by atoms with Gasteiger partial charge in [-0.25, -0.2) is 9.97 Å². The molecule has 0 spiro atoms. The van der Waals surface area contributed by atoms with Gasteiger partial charge in [0.2, 0.25) is 11.8 Å². The van der Waals surface area contributed by atoms with Gasteiger partial charge in [0.1, 0.15) is 10.6 Å². The highest BCUT2D eigenvalue weighted by molar-refractivity contribution is 7.15. The van der Waals surface area contributed by atoms with E-state index >= 15 is 0 Å². The van der Waals surface area contributed by atoms with Gasteiger partial charge >= 0.3 is 5.97 Å². The number of anilines is 2. The molecule has 0 unspecified atom stereocenters. The zero-order chi connectivity index (χ0) is 24.5. The minimum atomic E-state index is -1.07. The molecule has 8 nitrogen and oxygen atoms in total. The maximum absolute atomic E-state index is 12.2. The average Bonchev–Trinajstić information content (AvgIpc) is 3.29. The second-order valence-corrected chi connectivity index (χ2v) is 10.5. The van der Waals surface area contributed by atoms with E-state index in [9.17, 15) is 9.90 Å². The number of nitrogens with one attached hydrogen (secondary N) is 1. The third-order valence-corrected chi connectivity index (χ3v) is 7.62. The van der Waals surface area contributed by atoms with Gasteiger partial charge in [0.15, 0.2) is 0 Å². The number of aliphatic hydroxyl groups is 1. The van der Waals surface area contributed by atoms with Gasteiger partial charge in [-0.3, -0.25) is 4.79 Å². The van der Waals surface area contributed by atoms with E-state index in [2.05, 4.69) is 26.3 Å². The first-order valence-electron chi connectivity index (χ1n) is 11.2. The lowest BCUT2D eigenvalue weighted by molar-refractivity contribution is -0.157. The number of carbonyl (C=O) groups is 1. The molecule has 1 aliphatic carbocycles. The van der Waals surface area contributed by atoms with Crippen molar-refractivity contribution in [2.24, 2.45) is 11.3 Å². The van der Waals surface area contributed by atoms with Gasteiger partial charge in [-0.1, -0.05) is 19.9 Å². The van der Waals surface area contributed by atoms with Gasteiger partial charge in [0.25, 0.3) is 0 Å². The molecule has 4 rings (SSSR count). The monoisotopic (exact) mass is 482 g/mol. The van der Waals surface area contributed by atoms with E-state index in [1.807, 2.05) is 32.9 Å². The summed E-state index contributed by atoms with van der Waals surface area (Å²) in [6.07, 6.45) is 4.91. The molecule has 2 aromatic heterocycles. The highest BCUT2D eigenvalue weighted by Crippen LogP contribution is 2.51. The molecule has 0 aliphatic heterocycles. The Hall–Kier alpha value is -3.04. The van der Waals surface area contributed by atoms with Crippen molar-refractivity contribution in [3.63, 3.8) is 0 Å². The molecule has 2 heterocycles. The predicted molar refractivity (Wildman–Crippen MR) is 131 cm³/mol. The number of nitrogens with zero attached hydrogens (tertiary/aromatic N) is 3. The highest BCUT2D eigenvalue weighted by Gasteiger charge is 2.49. The summed E-state index contributed by atoms with van der Waals surface area (Å²) < 4.78 is 10.2. The fraction of sp³-hybridized carbons (Fsp3) is 0.440. The number of hydrogen-bond acceptors (Lipinski definition) is 9. The summed E-state index contributed by atoms with van der Waals surface area (Å²) in [4.78, 5) is 26.3. The van der Waals surface area contributed by atoms with Gasteiger partial charge in [0.05, 0.1) is 25.0 Å². The molecule has 2 N–H and O–H groups in total. The zero-order valence-corrected chi connectivity index (χ0v) is 20.9. The lowest BCUT2D eigenvalue weighted by atomic mass is 9.63. The lowest BCUT2D eigenvalue weighted by Gasteiger charge is -2.44. The number of carbonyl (C=O) groups excluding carboxylic acids is 1. The molecule has 0 amide bonds. The molecule has 34 heavy (non-hydrogen) atoms. The van der Waals surface area contributed by atoms with Crippen LogP contribution in [0.5, 0.6) is 5.88 Å². The van der Waals surface area contributed by atoms with Crippen LogP contribution in [-0.4, -0.2) is 40.2 Å². The number of methoxy groups -OCH3 is 2. The van der Waals surface area contributed by atoms with Crippen LogP contribution in [0.25, 0.3) is 10.4 Å². The number of benzene rings is 1. The predicted octanol–water partition coefficient (Wildman–Crippen LogP) is 4.85. The Labute approximate surface area is 203 Å². The van der Waals surface area contributed by atoms with Gasteiger partial charge in [-0.15, -0.1) is 11.3 Å². The van der Waals surface area contributed by atoms with Crippen LogP contribution in [0.15, 0.2) is 36.7 Å². The van der Waals surface area contributed by atoms with Crippen molar-refractivity contribution >= 4 is 28.9 Å². The number of aromatic nitrogens is 3. The first-order chi connectivity index (χ1) is 16.1. The molecule has 0 saturated heterocycles. The smallest absolute Gasteiger partial charge is 0.309 e. The summed E-state index contributed by atoms with van der Waals surface area (Å²) in [5.41, 5.74) is 1.42. The number of aryl methyl sites for hydroxylation is 1. The van der Waals surface area contributed by atoms with Crippen LogP contribution in [0.2, 0.25) is 0 Å². The van der Waals surface area contributed by atoms with E-state index in [0.29, 0.717) is 36.1 Å². The van der Waals surface area contributed by atoms with E-state index in [0.717, 1.165) is 21.7 Å². The van der Waals surface area contributed by atoms with Crippen molar-refractivity contribution in [2.75, 3.05) is 19.5 Å². The first-order valence-corrected chi connectivity index (χ1v) is 12.0. The van der Waals surface area contributed by atoms with E-state index in [4.69, 9.17) is 9.47 Å². The topological polar surface area (TPSA) is 106 Å². The SMILES string of the molecule is COC(=O)[C@H]1CC[C@](O)(c2ncc(-c3cc(C)cc(Nc4nccc(OC)n4)c3)s2)CC1(C)C. The van der Waals surface area contributed by atoms with Crippen LogP contribution in [0.4, 0.5) is 11.6 Å². The molecule has 1 aliphatic rings. The van der Waals surface area contributed by atoms with Gasteiger partial charge < -0.3 is 19.9 Å². The number of rotatable bonds is 6. The Bertz CT molecular complexity index is 1200. The number of hydrogen-bond donors (Lipinski definition) is 2. The van der Waals surface area contributed by atoms with Crippen LogP contribution in [0, 0.1) is 18.3 Å². The van der Waals surface area contributed by atoms with Crippen molar-refractivity contribution in [1.82, 2.24) is 15.0 Å². The molecular formula is C25H30N4O4S. The highest BCUT2D eigenvalue weighted by atomic mass is 32.1. The maximum Gasteiger partial charge on any atom is 0.309 e. The van der Waals surface area contributed by atoms with Crippen molar-refractivity contribution < 1.29 is 19.4 Å². The first kappa shape index (κ1) is 24.1. The Balaban J connectivity index is 1.58. The third kappa shape index (κ3) is 4.90. The third-order valence-electron chi connectivity index (χ3n) is 6.38. The number of ether oxygens (including phenoxy) is 2. The van der Waals surface area contributed by atoms with Crippen molar-refractivity contribution in [1.29, 1.82) is 0 Å². The van der Waals surface area contributed by atoms with Crippen molar-refractivity contribution in [3.8, 4) is 16.3 Å². The van der Waals surface area contributed by atoms with Gasteiger partial charge in [-0.2, -0.15) is 4.98 Å². The minimum Gasteiger partial charge on any atom is -0.481 e. The lowest BCUT2D eigenvalue weighted by Crippen LogP contribution is -2.45. The van der Waals surface area contributed by atoms with Crippen LogP contribution >= 0.6 is 11.3 Å². The number of esters is 1. The normalized spacial score (nSPS) is 21.6. The van der Waals surface area contributed by atoms with Crippen LogP contribution in [0.1, 0.15) is 43.7 Å². The van der Waals surface area contributed by atoms with E-state index < -0.39 is 11.0 Å². The molecule has 3 aromatic rings. The molecule has 1 saturated carbocycles. The maximum atomic E-state index is 12.2. The second-order valence-electron chi connectivity index (χ2n) is 9.48. The number of thiazole rings is 1. The molecule has 1 aromatic carbocycles. The minimum absolute atomic E-state index is 0.216. The van der Waals surface area contributed by atoms with E-state index in [1.54, 1.807) is 25.6 Å². The molecule has 1 fully saturated rings. The van der Waals surface area contributed by atoms with Crippen LogP contribution < -0.4 is 10.1 Å². The Morgan fingerprint density at radius 2 is 2.03 bits per heavy atom. The van der Waals surface area contributed by atoms with Crippen LogP contribution in [-0.2, 0) is 15.1 Å². The average molecular weight is 483 g/mol. The summed E-state index contributed by atoms with van der Waals surface area (Å²) >= 11 is 1.48. The Morgan fingerprint density at radius 1 is 1.24 bits per heavy atom. The van der Waals surface area contributed by atoms with Gasteiger partial charge in [0, 0.05) is 24.1 Å². The standard InChI is InChI=1S/C25H30N4O4S/c1-15-10-16(12-17(11-15)28-23-26-9-7-20(29-23)32-4)19-13-27-22(34-19)25(31)8-6-18(21(30)33-5)24(2,3)14-25/h7,9-13,18,31H,6,8,14H2,1-5H3,(H,26,28,29)/t18-,25-/m1/s1. The summed E-state index contributed by atoms with van der Waals surface area (Å²) in [5.74, 6) is 0.475. The van der Waals surface area contributed by atoms with Gasteiger partial charge in [-0.05, 0) is 54.9 Å². The summed E-state index contributed by atoms with van der Waals surface area (Å²) in [5, 5.41) is 15.4. The fourth-order valence-electron chi connectivity index (χ4n) is 4.77. The quantitative estimate of drug-likeness (QED) is 0.480. The molecule has 0 bridgehead atoms. The molecular weight excluding hydrogens is 452 g/mol.